The molecule has 1 fully saturated rings. The summed E-state index contributed by atoms with van der Waals surface area (Å²) in [5.41, 5.74) is 6.15. The second-order valence-corrected chi connectivity index (χ2v) is 5.29. The fourth-order valence-corrected chi connectivity index (χ4v) is 2.58. The minimum absolute atomic E-state index is 0.171. The van der Waals surface area contributed by atoms with Gasteiger partial charge in [-0.2, -0.15) is 9.97 Å². The highest BCUT2D eigenvalue weighted by atomic mass is 19.1. The molecule has 0 unspecified atom stereocenters. The number of hydrogen-bond donors (Lipinski definition) is 3. The van der Waals surface area contributed by atoms with Crippen LogP contribution < -0.4 is 21.3 Å². The third-order valence-corrected chi connectivity index (χ3v) is 3.79. The van der Waals surface area contributed by atoms with Crippen LogP contribution in [0.4, 0.5) is 27.7 Å². The lowest BCUT2D eigenvalue weighted by atomic mass is 10.3. The van der Waals surface area contributed by atoms with Gasteiger partial charge in [0.05, 0.1) is 5.69 Å². The van der Waals surface area contributed by atoms with Crippen LogP contribution in [0.3, 0.4) is 0 Å². The molecule has 116 valence electrons. The molecule has 2 heterocycles. The highest BCUT2D eigenvalue weighted by molar-refractivity contribution is 5.61. The van der Waals surface area contributed by atoms with Crippen LogP contribution in [0, 0.1) is 5.82 Å². The zero-order valence-corrected chi connectivity index (χ0v) is 12.4. The van der Waals surface area contributed by atoms with Gasteiger partial charge in [0, 0.05) is 25.2 Å². The second kappa shape index (κ2) is 6.15. The van der Waals surface area contributed by atoms with Crippen LogP contribution in [-0.4, -0.2) is 36.1 Å². The first kappa shape index (κ1) is 14.5. The van der Waals surface area contributed by atoms with E-state index in [0.29, 0.717) is 17.5 Å². The van der Waals surface area contributed by atoms with E-state index in [9.17, 15) is 4.39 Å². The molecular formula is C15H19FN6. The van der Waals surface area contributed by atoms with Gasteiger partial charge in [-0.1, -0.05) is 12.1 Å². The van der Waals surface area contributed by atoms with E-state index in [1.54, 1.807) is 24.3 Å². The molecule has 0 aliphatic carbocycles. The van der Waals surface area contributed by atoms with E-state index in [1.807, 2.05) is 7.05 Å². The van der Waals surface area contributed by atoms with Crippen LogP contribution in [0.5, 0.6) is 0 Å². The molecule has 3 rings (SSSR count). The van der Waals surface area contributed by atoms with Crippen molar-refractivity contribution in [1.29, 1.82) is 0 Å². The van der Waals surface area contributed by atoms with Gasteiger partial charge >= 0.3 is 0 Å². The van der Waals surface area contributed by atoms with Crippen LogP contribution >= 0.6 is 0 Å². The number of para-hydroxylation sites is 1. The van der Waals surface area contributed by atoms with Crippen molar-refractivity contribution in [3.05, 3.63) is 36.1 Å². The largest absolute Gasteiger partial charge is 0.368 e. The molecule has 0 amide bonds. The number of nitrogens with two attached hydrogens (primary N) is 1. The molecular weight excluding hydrogens is 283 g/mol. The average Bonchev–Trinajstić information content (AvgIpc) is 2.98. The molecule has 7 heteroatoms. The first-order chi connectivity index (χ1) is 10.7. The first-order valence-electron chi connectivity index (χ1n) is 7.24. The van der Waals surface area contributed by atoms with Crippen LogP contribution in [0.15, 0.2) is 30.3 Å². The van der Waals surface area contributed by atoms with E-state index in [2.05, 4.69) is 25.5 Å². The molecule has 1 aliphatic rings. The lowest BCUT2D eigenvalue weighted by Gasteiger charge is -2.18. The van der Waals surface area contributed by atoms with Crippen molar-refractivity contribution in [3.63, 3.8) is 0 Å². The van der Waals surface area contributed by atoms with Crippen LogP contribution in [0.2, 0.25) is 0 Å². The average molecular weight is 302 g/mol. The lowest BCUT2D eigenvalue weighted by Crippen LogP contribution is -2.30. The van der Waals surface area contributed by atoms with Crippen molar-refractivity contribution in [2.45, 2.75) is 12.5 Å². The van der Waals surface area contributed by atoms with Crippen LogP contribution in [0.1, 0.15) is 6.42 Å². The number of nitrogens with one attached hydrogen (secondary N) is 2. The number of nitrogens with zero attached hydrogens (tertiary/aromatic N) is 3. The summed E-state index contributed by atoms with van der Waals surface area (Å²) in [6, 6.07) is 8.68. The molecule has 1 saturated heterocycles. The summed E-state index contributed by atoms with van der Waals surface area (Å²) in [4.78, 5) is 10.6. The molecule has 0 bridgehead atoms. The molecule has 1 aromatic heterocycles. The minimum Gasteiger partial charge on any atom is -0.368 e. The number of anilines is 4. The maximum Gasteiger partial charge on any atom is 0.223 e. The summed E-state index contributed by atoms with van der Waals surface area (Å²) in [5, 5.41) is 6.21. The number of benzene rings is 1. The molecule has 1 atom stereocenters. The molecule has 2 aromatic rings. The summed E-state index contributed by atoms with van der Waals surface area (Å²) in [7, 11) is 1.95. The Bertz CT molecular complexity index is 662. The highest BCUT2D eigenvalue weighted by Gasteiger charge is 2.22. The number of rotatable bonds is 4. The summed E-state index contributed by atoms with van der Waals surface area (Å²) >= 11 is 0. The predicted octanol–water partition coefficient (Wildman–Crippen LogP) is 1.74. The van der Waals surface area contributed by atoms with E-state index in [4.69, 9.17) is 5.73 Å². The Hall–Kier alpha value is -2.41. The number of aromatic nitrogens is 2. The molecule has 22 heavy (non-hydrogen) atoms. The predicted molar refractivity (Wildman–Crippen MR) is 85.8 cm³/mol. The van der Waals surface area contributed by atoms with Crippen molar-refractivity contribution in [2.24, 2.45) is 0 Å². The third-order valence-electron chi connectivity index (χ3n) is 3.79. The molecule has 1 aromatic carbocycles. The summed E-state index contributed by atoms with van der Waals surface area (Å²) in [6.45, 7) is 1.77. The van der Waals surface area contributed by atoms with Gasteiger partial charge in [0.25, 0.3) is 0 Å². The topological polar surface area (TPSA) is 79.1 Å². The zero-order valence-electron chi connectivity index (χ0n) is 12.4. The van der Waals surface area contributed by atoms with E-state index in [1.165, 1.54) is 6.07 Å². The van der Waals surface area contributed by atoms with E-state index >= 15 is 0 Å². The first-order valence-corrected chi connectivity index (χ1v) is 7.24. The summed E-state index contributed by atoms with van der Waals surface area (Å²) in [5.74, 6) is 1.08. The maximum absolute atomic E-state index is 13.7. The standard InChI is InChI=1S/C15H19FN6/c1-18-10-6-7-22(9-10)14-8-13(20-15(17)21-14)19-12-5-3-2-4-11(12)16/h2-5,8,10,18H,6-7,9H2,1H3,(H3,17,19,20,21)/t10-/m1/s1. The van der Waals surface area contributed by atoms with Crippen molar-refractivity contribution in [1.82, 2.24) is 15.3 Å². The zero-order chi connectivity index (χ0) is 15.5. The quantitative estimate of drug-likeness (QED) is 0.798. The van der Waals surface area contributed by atoms with Crippen LogP contribution in [0.25, 0.3) is 0 Å². The fourth-order valence-electron chi connectivity index (χ4n) is 2.58. The SMILES string of the molecule is CN[C@@H]1CCN(c2cc(Nc3ccccc3F)nc(N)n2)C1. The molecule has 6 nitrogen and oxygen atoms in total. The normalized spacial score (nSPS) is 17.7. The number of nitrogen functional groups attached to an aromatic ring is 1. The van der Waals surface area contributed by atoms with Crippen molar-refractivity contribution >= 4 is 23.3 Å². The Kier molecular flexibility index (Phi) is 4.06. The Morgan fingerprint density at radius 3 is 2.86 bits per heavy atom. The molecule has 0 spiro atoms. The Balaban J connectivity index is 1.83. The van der Waals surface area contributed by atoms with Gasteiger partial charge in [-0.3, -0.25) is 0 Å². The van der Waals surface area contributed by atoms with E-state index in [0.717, 1.165) is 25.3 Å². The van der Waals surface area contributed by atoms with Gasteiger partial charge in [0.2, 0.25) is 5.95 Å². The lowest BCUT2D eigenvalue weighted by molar-refractivity contribution is 0.616. The van der Waals surface area contributed by atoms with Crippen molar-refractivity contribution in [3.8, 4) is 0 Å². The smallest absolute Gasteiger partial charge is 0.223 e. The van der Waals surface area contributed by atoms with Gasteiger partial charge in [-0.05, 0) is 25.6 Å². The molecule has 1 aliphatic heterocycles. The Morgan fingerprint density at radius 1 is 1.32 bits per heavy atom. The summed E-state index contributed by atoms with van der Waals surface area (Å²) in [6.07, 6.45) is 1.05. The Morgan fingerprint density at radius 2 is 2.14 bits per heavy atom. The second-order valence-electron chi connectivity index (χ2n) is 5.29. The van der Waals surface area contributed by atoms with Crippen LogP contribution in [-0.2, 0) is 0 Å². The summed E-state index contributed by atoms with van der Waals surface area (Å²) < 4.78 is 13.7. The van der Waals surface area contributed by atoms with Gasteiger partial charge < -0.3 is 21.3 Å². The van der Waals surface area contributed by atoms with Crippen molar-refractivity contribution < 1.29 is 4.39 Å². The van der Waals surface area contributed by atoms with Gasteiger partial charge in [0.15, 0.2) is 0 Å². The van der Waals surface area contributed by atoms with Gasteiger partial charge in [-0.15, -0.1) is 0 Å². The highest BCUT2D eigenvalue weighted by Crippen LogP contribution is 2.24. The number of likely N-dealkylation sites (N-methyl/N-ethyl adjacent to an activating group) is 1. The Labute approximate surface area is 128 Å². The minimum atomic E-state index is -0.336. The molecule has 4 N–H and O–H groups in total. The van der Waals surface area contributed by atoms with Crippen molar-refractivity contribution in [2.75, 3.05) is 36.1 Å². The third kappa shape index (κ3) is 3.09. The maximum atomic E-state index is 13.7. The van der Waals surface area contributed by atoms with E-state index < -0.39 is 0 Å². The van der Waals surface area contributed by atoms with E-state index in [-0.39, 0.29) is 11.8 Å². The number of halogens is 1. The molecule has 0 saturated carbocycles. The monoisotopic (exact) mass is 302 g/mol. The van der Waals surface area contributed by atoms with Gasteiger partial charge in [0.1, 0.15) is 17.5 Å². The molecule has 0 radical (unpaired) electrons. The number of hydrogen-bond acceptors (Lipinski definition) is 6. The fraction of sp³-hybridized carbons (Fsp3) is 0.333. The van der Waals surface area contributed by atoms with Gasteiger partial charge in [-0.25, -0.2) is 4.39 Å².